The number of nitrogens with zero attached hydrogens (tertiary/aromatic N) is 1. The van der Waals surface area contributed by atoms with Gasteiger partial charge in [0.2, 0.25) is 0 Å². The minimum atomic E-state index is 0.265. The summed E-state index contributed by atoms with van der Waals surface area (Å²) in [6.07, 6.45) is 0.639. The fraction of sp³-hybridized carbons (Fsp3) is 0.400. The number of benzene rings is 1. The van der Waals surface area contributed by atoms with E-state index < -0.39 is 0 Å². The van der Waals surface area contributed by atoms with Gasteiger partial charge in [0, 0.05) is 30.3 Å². The molecule has 1 heterocycles. The number of amidine groups is 1. The molecule has 0 saturated carbocycles. The maximum Gasteiger partial charge on any atom is 0.0918 e. The third-order valence-corrected chi connectivity index (χ3v) is 4.35. The first-order valence-corrected chi connectivity index (χ1v) is 7.48. The predicted molar refractivity (Wildman–Crippen MR) is 83.9 cm³/mol. The molecule has 3 nitrogen and oxygen atoms in total. The van der Waals surface area contributed by atoms with Crippen LogP contribution < -0.4 is 5.73 Å². The van der Waals surface area contributed by atoms with Gasteiger partial charge < -0.3 is 5.73 Å². The normalized spacial score (nSPS) is 11.6. The van der Waals surface area contributed by atoms with Gasteiger partial charge in [-0.3, -0.25) is 10.3 Å². The third kappa shape index (κ3) is 3.55. The molecule has 0 aliphatic heterocycles. The van der Waals surface area contributed by atoms with E-state index in [-0.39, 0.29) is 5.84 Å². The predicted octanol–water partition coefficient (Wildman–Crippen LogP) is 3.44. The molecule has 19 heavy (non-hydrogen) atoms. The molecule has 0 aliphatic carbocycles. The van der Waals surface area contributed by atoms with Crippen LogP contribution in [0.2, 0.25) is 0 Å². The van der Waals surface area contributed by atoms with Crippen LogP contribution in [0.4, 0.5) is 0 Å². The van der Waals surface area contributed by atoms with E-state index in [1.54, 1.807) is 11.3 Å². The van der Waals surface area contributed by atoms with Gasteiger partial charge in [-0.2, -0.15) is 0 Å². The second-order valence-electron chi connectivity index (χ2n) is 5.10. The van der Waals surface area contributed by atoms with Gasteiger partial charge >= 0.3 is 0 Å². The van der Waals surface area contributed by atoms with Gasteiger partial charge in [-0.1, -0.05) is 18.2 Å². The quantitative estimate of drug-likeness (QED) is 0.627. The van der Waals surface area contributed by atoms with Gasteiger partial charge in [-0.05, 0) is 36.2 Å². The fourth-order valence-corrected chi connectivity index (χ4v) is 3.11. The first-order chi connectivity index (χ1) is 9.08. The summed E-state index contributed by atoms with van der Waals surface area (Å²) in [6, 6.07) is 8.98. The molecule has 0 spiro atoms. The second kappa shape index (κ2) is 6.17. The smallest absolute Gasteiger partial charge is 0.0918 e. The van der Waals surface area contributed by atoms with Crippen molar-refractivity contribution in [3.63, 3.8) is 0 Å². The molecule has 3 N–H and O–H groups in total. The summed E-state index contributed by atoms with van der Waals surface area (Å²) in [5, 5.41) is 11.0. The van der Waals surface area contributed by atoms with Crippen molar-refractivity contribution in [2.75, 3.05) is 6.54 Å². The molecule has 0 radical (unpaired) electrons. The highest BCUT2D eigenvalue weighted by Gasteiger charge is 2.13. The van der Waals surface area contributed by atoms with Crippen LogP contribution in [0.25, 0.3) is 10.1 Å². The van der Waals surface area contributed by atoms with Crippen molar-refractivity contribution in [1.29, 1.82) is 5.41 Å². The van der Waals surface area contributed by atoms with Crippen molar-refractivity contribution in [3.8, 4) is 0 Å². The highest BCUT2D eigenvalue weighted by molar-refractivity contribution is 7.17. The number of fused-ring (bicyclic) bond motifs is 1. The minimum absolute atomic E-state index is 0.265. The molecule has 1 aromatic carbocycles. The second-order valence-corrected chi connectivity index (χ2v) is 6.01. The average molecular weight is 275 g/mol. The van der Waals surface area contributed by atoms with Crippen molar-refractivity contribution in [2.45, 2.75) is 32.9 Å². The molecule has 0 atom stereocenters. The summed E-state index contributed by atoms with van der Waals surface area (Å²) in [6.45, 7) is 6.15. The summed E-state index contributed by atoms with van der Waals surface area (Å²) in [4.78, 5) is 2.37. The summed E-state index contributed by atoms with van der Waals surface area (Å²) in [7, 11) is 0. The van der Waals surface area contributed by atoms with Gasteiger partial charge in [0.15, 0.2) is 0 Å². The van der Waals surface area contributed by atoms with Crippen LogP contribution in [0.15, 0.2) is 29.6 Å². The Morgan fingerprint density at radius 2 is 2.11 bits per heavy atom. The van der Waals surface area contributed by atoms with Crippen LogP contribution >= 0.6 is 11.3 Å². The molecule has 0 aliphatic rings. The van der Waals surface area contributed by atoms with Gasteiger partial charge in [0.05, 0.1) is 5.84 Å². The number of rotatable bonds is 6. The van der Waals surface area contributed by atoms with Crippen molar-refractivity contribution in [1.82, 2.24) is 4.90 Å². The highest BCUT2D eigenvalue weighted by atomic mass is 32.1. The Kier molecular flexibility index (Phi) is 4.56. The Morgan fingerprint density at radius 3 is 2.79 bits per heavy atom. The number of hydrogen-bond acceptors (Lipinski definition) is 3. The van der Waals surface area contributed by atoms with Gasteiger partial charge in [-0.25, -0.2) is 0 Å². The molecule has 2 aromatic rings. The number of thiophene rings is 1. The fourth-order valence-electron chi connectivity index (χ4n) is 2.16. The first-order valence-electron chi connectivity index (χ1n) is 6.60. The van der Waals surface area contributed by atoms with E-state index in [2.05, 4.69) is 48.4 Å². The van der Waals surface area contributed by atoms with Gasteiger partial charge in [0.1, 0.15) is 0 Å². The Bertz CT molecular complexity index is 559. The van der Waals surface area contributed by atoms with Crippen molar-refractivity contribution in [3.05, 3.63) is 35.2 Å². The first kappa shape index (κ1) is 14.0. The molecule has 1 aromatic heterocycles. The summed E-state index contributed by atoms with van der Waals surface area (Å²) in [5.74, 6) is 0.265. The zero-order valence-electron chi connectivity index (χ0n) is 11.5. The Balaban J connectivity index is 2.14. The van der Waals surface area contributed by atoms with E-state index in [9.17, 15) is 0 Å². The van der Waals surface area contributed by atoms with Crippen LogP contribution in [0.5, 0.6) is 0 Å². The van der Waals surface area contributed by atoms with Crippen LogP contribution in [0.1, 0.15) is 25.8 Å². The lowest BCUT2D eigenvalue weighted by Gasteiger charge is -2.26. The Morgan fingerprint density at radius 1 is 1.37 bits per heavy atom. The molecule has 2 rings (SSSR count). The summed E-state index contributed by atoms with van der Waals surface area (Å²) in [5.41, 5.74) is 6.84. The van der Waals surface area contributed by atoms with E-state index in [1.165, 1.54) is 15.6 Å². The zero-order valence-corrected chi connectivity index (χ0v) is 12.3. The molecule has 4 heteroatoms. The molecule has 0 fully saturated rings. The lowest BCUT2D eigenvalue weighted by Crippen LogP contribution is -2.33. The van der Waals surface area contributed by atoms with Crippen LogP contribution in [-0.2, 0) is 6.54 Å². The lowest BCUT2D eigenvalue weighted by atomic mass is 10.1. The van der Waals surface area contributed by atoms with E-state index in [4.69, 9.17) is 11.1 Å². The number of hydrogen-bond donors (Lipinski definition) is 2. The monoisotopic (exact) mass is 275 g/mol. The third-order valence-electron chi connectivity index (χ3n) is 3.33. The number of nitrogens with one attached hydrogen (secondary N) is 1. The molecule has 0 bridgehead atoms. The highest BCUT2D eigenvalue weighted by Crippen LogP contribution is 2.27. The molecule has 102 valence electrons. The van der Waals surface area contributed by atoms with E-state index in [1.807, 2.05) is 0 Å². The zero-order chi connectivity index (χ0) is 13.8. The maximum atomic E-state index is 7.36. The summed E-state index contributed by atoms with van der Waals surface area (Å²) >= 11 is 1.80. The van der Waals surface area contributed by atoms with Crippen molar-refractivity contribution in [2.24, 2.45) is 5.73 Å². The van der Waals surface area contributed by atoms with Crippen LogP contribution in [-0.4, -0.2) is 23.3 Å². The molecule has 0 saturated heterocycles. The van der Waals surface area contributed by atoms with Gasteiger partial charge in [-0.15, -0.1) is 11.3 Å². The number of nitrogens with two attached hydrogens (primary N) is 1. The average Bonchev–Trinajstić information content (AvgIpc) is 2.77. The van der Waals surface area contributed by atoms with E-state index in [0.29, 0.717) is 12.5 Å². The van der Waals surface area contributed by atoms with E-state index >= 15 is 0 Å². The summed E-state index contributed by atoms with van der Waals surface area (Å²) < 4.78 is 1.34. The Labute approximate surface area is 118 Å². The largest absolute Gasteiger partial charge is 0.388 e. The van der Waals surface area contributed by atoms with Crippen LogP contribution in [0.3, 0.4) is 0 Å². The van der Waals surface area contributed by atoms with Gasteiger partial charge in [0.25, 0.3) is 0 Å². The minimum Gasteiger partial charge on any atom is -0.388 e. The van der Waals surface area contributed by atoms with Crippen LogP contribution in [0, 0.1) is 5.41 Å². The molecule has 0 unspecified atom stereocenters. The molecular weight excluding hydrogens is 254 g/mol. The van der Waals surface area contributed by atoms with E-state index in [0.717, 1.165) is 13.1 Å². The van der Waals surface area contributed by atoms with Crippen molar-refractivity contribution < 1.29 is 0 Å². The maximum absolute atomic E-state index is 7.36. The Hall–Kier alpha value is -1.39. The van der Waals surface area contributed by atoms with Crippen molar-refractivity contribution >= 4 is 27.3 Å². The lowest BCUT2D eigenvalue weighted by molar-refractivity contribution is 0.220. The molecular formula is C15H21N3S. The standard InChI is InChI=1S/C15H21N3S/c1-11(2)18(8-7-15(16)17)9-12-10-19-14-6-4-3-5-13(12)14/h3-6,10-11H,7-9H2,1-2H3,(H3,16,17). The topological polar surface area (TPSA) is 53.1 Å². The SMILES string of the molecule is CC(C)N(CCC(=N)N)Cc1csc2ccccc12. The molecule has 0 amide bonds.